The Balaban J connectivity index is 2.29. The van der Waals surface area contributed by atoms with Crippen LogP contribution in [0.3, 0.4) is 0 Å². The van der Waals surface area contributed by atoms with Crippen LogP contribution >= 0.6 is 11.8 Å². The lowest BCUT2D eigenvalue weighted by Crippen LogP contribution is -2.22. The largest absolute Gasteiger partial charge is 0.398 e. The highest BCUT2D eigenvalue weighted by Crippen LogP contribution is 2.30. The third kappa shape index (κ3) is 3.39. The Labute approximate surface area is 119 Å². The minimum atomic E-state index is -0.235. The molecule has 104 valence electrons. The van der Waals surface area contributed by atoms with Crippen molar-refractivity contribution in [2.75, 3.05) is 12.3 Å². The maximum absolute atomic E-state index is 11.8. The number of amides is 1. The van der Waals surface area contributed by atoms with Gasteiger partial charge in [0, 0.05) is 35.0 Å². The maximum Gasteiger partial charge on any atom is 0.251 e. The van der Waals surface area contributed by atoms with Crippen molar-refractivity contribution in [3.05, 3.63) is 46.4 Å². The molecule has 6 nitrogen and oxygen atoms in total. The van der Waals surface area contributed by atoms with Crippen LogP contribution in [0, 0.1) is 0 Å². The number of H-pyrrole nitrogens is 1. The third-order valence-corrected chi connectivity index (χ3v) is 3.44. The molecule has 2 rings (SSSR count). The van der Waals surface area contributed by atoms with Gasteiger partial charge in [0.15, 0.2) is 5.16 Å². The molecular formula is C13H14N4O2S. The number of anilines is 1. The molecule has 7 heteroatoms. The normalized spacial score (nSPS) is 10.2. The topological polar surface area (TPSA) is 101 Å². The molecule has 0 aliphatic carbocycles. The minimum absolute atomic E-state index is 0.163. The van der Waals surface area contributed by atoms with E-state index in [0.717, 1.165) is 0 Å². The summed E-state index contributed by atoms with van der Waals surface area (Å²) in [5.41, 5.74) is 6.68. The fourth-order valence-electron chi connectivity index (χ4n) is 1.53. The predicted octanol–water partition coefficient (Wildman–Crippen LogP) is 1.25. The van der Waals surface area contributed by atoms with Gasteiger partial charge in [0.2, 0.25) is 0 Å². The summed E-state index contributed by atoms with van der Waals surface area (Å²) >= 11 is 1.21. The summed E-state index contributed by atoms with van der Waals surface area (Å²) in [7, 11) is 0. The molecule has 0 saturated carbocycles. The number of carbonyl (C=O) groups is 1. The molecule has 4 N–H and O–H groups in total. The number of aromatic nitrogens is 2. The summed E-state index contributed by atoms with van der Waals surface area (Å²) < 4.78 is 0. The fourth-order valence-corrected chi connectivity index (χ4v) is 2.38. The highest BCUT2D eigenvalue weighted by molar-refractivity contribution is 7.99. The number of hydrogen-bond acceptors (Lipinski definition) is 5. The second-order valence-electron chi connectivity index (χ2n) is 3.95. The second kappa shape index (κ2) is 6.25. The van der Waals surface area contributed by atoms with Gasteiger partial charge in [0.1, 0.15) is 0 Å². The number of benzene rings is 1. The van der Waals surface area contributed by atoms with Crippen LogP contribution in [-0.4, -0.2) is 22.4 Å². The molecule has 0 bridgehead atoms. The molecule has 0 aliphatic rings. The first-order chi connectivity index (χ1) is 9.60. The van der Waals surface area contributed by atoms with E-state index in [0.29, 0.717) is 27.8 Å². The molecule has 0 fully saturated rings. The van der Waals surface area contributed by atoms with Crippen molar-refractivity contribution in [2.45, 2.75) is 17.0 Å². The van der Waals surface area contributed by atoms with Crippen LogP contribution in [0.15, 0.2) is 45.3 Å². The highest BCUT2D eigenvalue weighted by Gasteiger charge is 2.09. The zero-order valence-corrected chi connectivity index (χ0v) is 11.7. The van der Waals surface area contributed by atoms with E-state index in [9.17, 15) is 9.59 Å². The Hall–Kier alpha value is -2.28. The number of rotatable bonds is 4. The molecule has 20 heavy (non-hydrogen) atoms. The Morgan fingerprint density at radius 1 is 1.45 bits per heavy atom. The summed E-state index contributed by atoms with van der Waals surface area (Å²) in [5.74, 6) is -0.163. The van der Waals surface area contributed by atoms with Crippen LogP contribution < -0.4 is 16.6 Å². The summed E-state index contributed by atoms with van der Waals surface area (Å²) in [6, 6.07) is 6.33. The molecule has 1 aromatic heterocycles. The van der Waals surface area contributed by atoms with Crippen LogP contribution in [0.5, 0.6) is 0 Å². The Kier molecular flexibility index (Phi) is 4.41. The first kappa shape index (κ1) is 14.1. The van der Waals surface area contributed by atoms with E-state index in [1.165, 1.54) is 24.0 Å². The number of nitrogens with two attached hydrogens (primary N) is 1. The van der Waals surface area contributed by atoms with Crippen molar-refractivity contribution in [1.29, 1.82) is 0 Å². The van der Waals surface area contributed by atoms with Gasteiger partial charge in [-0.3, -0.25) is 9.59 Å². The van der Waals surface area contributed by atoms with Gasteiger partial charge in [-0.2, -0.15) is 0 Å². The monoisotopic (exact) mass is 290 g/mol. The van der Waals surface area contributed by atoms with E-state index in [-0.39, 0.29) is 11.5 Å². The lowest BCUT2D eigenvalue weighted by molar-refractivity contribution is 0.0955. The summed E-state index contributed by atoms with van der Waals surface area (Å²) in [4.78, 5) is 30.3. The van der Waals surface area contributed by atoms with E-state index in [1.807, 2.05) is 6.92 Å². The molecule has 0 radical (unpaired) electrons. The first-order valence-electron chi connectivity index (χ1n) is 6.01. The van der Waals surface area contributed by atoms with Gasteiger partial charge in [-0.15, -0.1) is 0 Å². The lowest BCUT2D eigenvalue weighted by atomic mass is 10.2. The third-order valence-electron chi connectivity index (χ3n) is 2.47. The minimum Gasteiger partial charge on any atom is -0.398 e. The Morgan fingerprint density at radius 3 is 2.95 bits per heavy atom. The van der Waals surface area contributed by atoms with E-state index >= 15 is 0 Å². The Morgan fingerprint density at radius 2 is 2.25 bits per heavy atom. The molecule has 0 aliphatic heterocycles. The van der Waals surface area contributed by atoms with Gasteiger partial charge in [-0.1, -0.05) is 0 Å². The fraction of sp³-hybridized carbons (Fsp3) is 0.154. The average Bonchev–Trinajstić information content (AvgIpc) is 2.41. The number of nitrogens with zero attached hydrogens (tertiary/aromatic N) is 1. The van der Waals surface area contributed by atoms with Crippen molar-refractivity contribution in [3.8, 4) is 0 Å². The maximum atomic E-state index is 11.8. The first-order valence-corrected chi connectivity index (χ1v) is 6.82. The molecule has 0 saturated heterocycles. The second-order valence-corrected chi connectivity index (χ2v) is 4.98. The van der Waals surface area contributed by atoms with Crippen molar-refractivity contribution in [3.63, 3.8) is 0 Å². The lowest BCUT2D eigenvalue weighted by Gasteiger charge is -2.07. The SMILES string of the molecule is CCNC(=O)c1ccc(N)c(Sc2nccc(=O)[nH]2)c1. The predicted molar refractivity (Wildman–Crippen MR) is 77.8 cm³/mol. The quantitative estimate of drug-likeness (QED) is 0.581. The van der Waals surface area contributed by atoms with Crippen LogP contribution in [-0.2, 0) is 0 Å². The van der Waals surface area contributed by atoms with Crippen molar-refractivity contribution < 1.29 is 4.79 Å². The van der Waals surface area contributed by atoms with Crippen LogP contribution in [0.1, 0.15) is 17.3 Å². The van der Waals surface area contributed by atoms with Crippen LogP contribution in [0.4, 0.5) is 5.69 Å². The number of hydrogen-bond donors (Lipinski definition) is 3. The van der Waals surface area contributed by atoms with Gasteiger partial charge in [0.05, 0.1) is 0 Å². The molecule has 1 heterocycles. The summed E-state index contributed by atoms with van der Waals surface area (Å²) in [6.07, 6.45) is 1.42. The van der Waals surface area contributed by atoms with E-state index in [1.54, 1.807) is 18.2 Å². The Bertz CT molecular complexity index is 684. The van der Waals surface area contributed by atoms with Crippen LogP contribution in [0.25, 0.3) is 0 Å². The molecule has 1 aromatic carbocycles. The molecule has 0 atom stereocenters. The van der Waals surface area contributed by atoms with E-state index < -0.39 is 0 Å². The van der Waals surface area contributed by atoms with Crippen molar-refractivity contribution in [1.82, 2.24) is 15.3 Å². The number of nitrogen functional groups attached to an aromatic ring is 1. The van der Waals surface area contributed by atoms with E-state index in [2.05, 4.69) is 15.3 Å². The zero-order valence-electron chi connectivity index (χ0n) is 10.8. The summed E-state index contributed by atoms with van der Waals surface area (Å²) in [6.45, 7) is 2.41. The molecule has 2 aromatic rings. The number of carbonyl (C=O) groups excluding carboxylic acids is 1. The molecular weight excluding hydrogens is 276 g/mol. The number of aromatic amines is 1. The standard InChI is InChI=1S/C13H14N4O2S/c1-2-15-12(19)8-3-4-9(14)10(7-8)20-13-16-6-5-11(18)17-13/h3-7H,2,14H2,1H3,(H,15,19)(H,16,17,18). The van der Waals surface area contributed by atoms with E-state index in [4.69, 9.17) is 5.73 Å². The van der Waals surface area contributed by atoms with Gasteiger partial charge in [-0.25, -0.2) is 4.98 Å². The van der Waals surface area contributed by atoms with Crippen molar-refractivity contribution >= 4 is 23.4 Å². The average molecular weight is 290 g/mol. The van der Waals surface area contributed by atoms with Gasteiger partial charge < -0.3 is 16.0 Å². The summed E-state index contributed by atoms with van der Waals surface area (Å²) in [5, 5.41) is 3.15. The molecule has 1 amide bonds. The molecule has 0 spiro atoms. The van der Waals surface area contributed by atoms with Gasteiger partial charge in [0.25, 0.3) is 11.5 Å². The van der Waals surface area contributed by atoms with Gasteiger partial charge >= 0.3 is 0 Å². The zero-order chi connectivity index (χ0) is 14.5. The molecule has 0 unspecified atom stereocenters. The van der Waals surface area contributed by atoms with Gasteiger partial charge in [-0.05, 0) is 36.9 Å². The van der Waals surface area contributed by atoms with Crippen LogP contribution in [0.2, 0.25) is 0 Å². The number of nitrogens with one attached hydrogen (secondary N) is 2. The smallest absolute Gasteiger partial charge is 0.251 e. The van der Waals surface area contributed by atoms with Crippen molar-refractivity contribution in [2.24, 2.45) is 0 Å². The highest BCUT2D eigenvalue weighted by atomic mass is 32.2.